The van der Waals surface area contributed by atoms with Crippen LogP contribution in [0.25, 0.3) is 6.08 Å². The fraction of sp³-hybridized carbons (Fsp3) is 0.333. The van der Waals surface area contributed by atoms with Gasteiger partial charge in [-0.25, -0.2) is 0 Å². The third-order valence-corrected chi connectivity index (χ3v) is 3.99. The minimum Gasteiger partial charge on any atom is -0.508 e. The van der Waals surface area contributed by atoms with Gasteiger partial charge in [0.25, 0.3) is 0 Å². The summed E-state index contributed by atoms with van der Waals surface area (Å²) in [6.07, 6.45) is 6.40. The quantitative estimate of drug-likeness (QED) is 0.729. The predicted molar refractivity (Wildman–Crippen MR) is 97.0 cm³/mol. The molecule has 0 aliphatic heterocycles. The minimum absolute atomic E-state index is 0.382. The average Bonchev–Trinajstić information content (AvgIpc) is 2.56. The Bertz CT molecular complexity index is 654. The molecule has 2 rings (SSSR count). The lowest BCUT2D eigenvalue weighted by molar-refractivity contribution is 0.415. The summed E-state index contributed by atoms with van der Waals surface area (Å²) in [6, 6.07) is 13.9. The third-order valence-electron chi connectivity index (χ3n) is 3.99. The second kappa shape index (κ2) is 8.42. The number of rotatable bonds is 7. The molecule has 2 heteroatoms. The van der Waals surface area contributed by atoms with Crippen molar-refractivity contribution in [1.29, 1.82) is 0 Å². The topological polar surface area (TPSA) is 29.5 Å². The molecule has 0 saturated carbocycles. The van der Waals surface area contributed by atoms with Crippen molar-refractivity contribution in [3.63, 3.8) is 0 Å². The van der Waals surface area contributed by atoms with Crippen molar-refractivity contribution in [3.8, 4) is 11.5 Å². The van der Waals surface area contributed by atoms with Crippen LogP contribution in [-0.2, 0) is 6.42 Å². The van der Waals surface area contributed by atoms with E-state index in [4.69, 9.17) is 4.74 Å². The zero-order valence-corrected chi connectivity index (χ0v) is 14.3. The number of aryl methyl sites for hydroxylation is 1. The van der Waals surface area contributed by atoms with Gasteiger partial charge in [-0.3, -0.25) is 0 Å². The van der Waals surface area contributed by atoms with E-state index in [-0.39, 0.29) is 0 Å². The summed E-state index contributed by atoms with van der Waals surface area (Å²) >= 11 is 0. The van der Waals surface area contributed by atoms with Gasteiger partial charge in [0.05, 0.1) is 7.11 Å². The maximum absolute atomic E-state index is 10.1. The van der Waals surface area contributed by atoms with Gasteiger partial charge in [0, 0.05) is 0 Å². The fourth-order valence-corrected chi connectivity index (χ4v) is 2.65. The average molecular weight is 310 g/mol. The van der Waals surface area contributed by atoms with Crippen LogP contribution < -0.4 is 4.74 Å². The van der Waals surface area contributed by atoms with Crippen LogP contribution in [0, 0.1) is 6.92 Å². The summed E-state index contributed by atoms with van der Waals surface area (Å²) in [7, 11) is 1.68. The van der Waals surface area contributed by atoms with Crippen molar-refractivity contribution in [2.24, 2.45) is 0 Å². The molecule has 0 unspecified atom stereocenters. The second-order valence-electron chi connectivity index (χ2n) is 5.99. The molecule has 2 nitrogen and oxygen atoms in total. The molecule has 0 aliphatic carbocycles. The molecule has 23 heavy (non-hydrogen) atoms. The summed E-state index contributed by atoms with van der Waals surface area (Å²) in [5, 5.41) is 10.1. The number of hydrogen-bond donors (Lipinski definition) is 1. The Morgan fingerprint density at radius 3 is 2.52 bits per heavy atom. The Morgan fingerprint density at radius 2 is 1.87 bits per heavy atom. The van der Waals surface area contributed by atoms with Crippen LogP contribution in [0.3, 0.4) is 0 Å². The van der Waals surface area contributed by atoms with Gasteiger partial charge in [-0.05, 0) is 55.5 Å². The van der Waals surface area contributed by atoms with Gasteiger partial charge in [0.15, 0.2) is 0 Å². The molecule has 0 atom stereocenters. The smallest absolute Gasteiger partial charge is 0.119 e. The molecule has 0 heterocycles. The lowest BCUT2D eigenvalue weighted by Gasteiger charge is -2.11. The standard InChI is InChI=1S/C21H26O2/c1-4-5-6-18(14-17-8-10-20(23-3)11-9-17)15-19-13-16(2)7-12-21(19)22/h7-14,22H,4-6,15H2,1-3H3/b18-14+. The molecule has 0 fully saturated rings. The van der Waals surface area contributed by atoms with Gasteiger partial charge >= 0.3 is 0 Å². The van der Waals surface area contributed by atoms with Gasteiger partial charge in [0.2, 0.25) is 0 Å². The highest BCUT2D eigenvalue weighted by atomic mass is 16.5. The fourth-order valence-electron chi connectivity index (χ4n) is 2.65. The molecule has 1 N–H and O–H groups in total. The van der Waals surface area contributed by atoms with Crippen LogP contribution in [0.15, 0.2) is 48.0 Å². The van der Waals surface area contributed by atoms with E-state index in [0.717, 1.165) is 30.6 Å². The largest absolute Gasteiger partial charge is 0.508 e. The SMILES string of the molecule is CCCC/C(=C\c1ccc(OC)cc1)Cc1cc(C)ccc1O. The summed E-state index contributed by atoms with van der Waals surface area (Å²) in [5.41, 5.74) is 4.69. The number of aromatic hydroxyl groups is 1. The van der Waals surface area contributed by atoms with Crippen LogP contribution in [0.1, 0.15) is 42.9 Å². The predicted octanol–water partition coefficient (Wildman–Crippen LogP) is 5.53. The van der Waals surface area contributed by atoms with E-state index in [0.29, 0.717) is 5.75 Å². The number of methoxy groups -OCH3 is 1. The Labute approximate surface area is 139 Å². The van der Waals surface area contributed by atoms with Crippen molar-refractivity contribution in [2.45, 2.75) is 39.5 Å². The molecule has 0 radical (unpaired) electrons. The van der Waals surface area contributed by atoms with Crippen LogP contribution in [0.2, 0.25) is 0 Å². The molecular formula is C21H26O2. The van der Waals surface area contributed by atoms with Crippen LogP contribution >= 0.6 is 0 Å². The van der Waals surface area contributed by atoms with E-state index >= 15 is 0 Å². The Kier molecular flexibility index (Phi) is 6.28. The summed E-state index contributed by atoms with van der Waals surface area (Å²) in [4.78, 5) is 0. The summed E-state index contributed by atoms with van der Waals surface area (Å²) in [6.45, 7) is 4.26. The molecule has 2 aromatic rings. The van der Waals surface area contributed by atoms with E-state index in [2.05, 4.69) is 38.1 Å². The molecule has 0 aliphatic rings. The van der Waals surface area contributed by atoms with E-state index in [1.54, 1.807) is 13.2 Å². The summed E-state index contributed by atoms with van der Waals surface area (Å²) < 4.78 is 5.21. The maximum Gasteiger partial charge on any atom is 0.119 e. The van der Waals surface area contributed by atoms with Gasteiger partial charge in [-0.15, -0.1) is 0 Å². The first kappa shape index (κ1) is 17.1. The van der Waals surface area contributed by atoms with Crippen LogP contribution in [-0.4, -0.2) is 12.2 Å². The van der Waals surface area contributed by atoms with Crippen molar-refractivity contribution >= 4 is 6.08 Å². The molecule has 0 saturated heterocycles. The first-order valence-corrected chi connectivity index (χ1v) is 8.24. The van der Waals surface area contributed by atoms with Crippen LogP contribution in [0.4, 0.5) is 0 Å². The molecule has 122 valence electrons. The highest BCUT2D eigenvalue weighted by Gasteiger charge is 2.06. The number of allylic oxidation sites excluding steroid dienone is 1. The summed E-state index contributed by atoms with van der Waals surface area (Å²) in [5.74, 6) is 1.25. The third kappa shape index (κ3) is 5.17. The minimum atomic E-state index is 0.382. The first-order valence-electron chi connectivity index (χ1n) is 8.24. The normalized spacial score (nSPS) is 11.5. The monoisotopic (exact) mass is 310 g/mol. The number of phenols is 1. The highest BCUT2D eigenvalue weighted by molar-refractivity contribution is 5.55. The molecular weight excluding hydrogens is 284 g/mol. The van der Waals surface area contributed by atoms with E-state index < -0.39 is 0 Å². The van der Waals surface area contributed by atoms with Crippen molar-refractivity contribution in [2.75, 3.05) is 7.11 Å². The molecule has 0 aromatic heterocycles. The van der Waals surface area contributed by atoms with Crippen molar-refractivity contribution < 1.29 is 9.84 Å². The van der Waals surface area contributed by atoms with E-state index in [1.165, 1.54) is 23.1 Å². The van der Waals surface area contributed by atoms with Gasteiger partial charge in [-0.1, -0.05) is 54.8 Å². The first-order chi connectivity index (χ1) is 11.1. The number of phenolic OH excluding ortho intramolecular Hbond substituents is 1. The lowest BCUT2D eigenvalue weighted by Crippen LogP contribution is -1.93. The Hall–Kier alpha value is -2.22. The van der Waals surface area contributed by atoms with Gasteiger partial charge < -0.3 is 9.84 Å². The molecule has 2 aromatic carbocycles. The van der Waals surface area contributed by atoms with E-state index in [9.17, 15) is 5.11 Å². The highest BCUT2D eigenvalue weighted by Crippen LogP contribution is 2.25. The van der Waals surface area contributed by atoms with Crippen molar-refractivity contribution in [1.82, 2.24) is 0 Å². The van der Waals surface area contributed by atoms with Crippen molar-refractivity contribution in [3.05, 3.63) is 64.7 Å². The lowest BCUT2D eigenvalue weighted by atomic mass is 9.96. The zero-order chi connectivity index (χ0) is 16.7. The van der Waals surface area contributed by atoms with Crippen LogP contribution in [0.5, 0.6) is 11.5 Å². The maximum atomic E-state index is 10.1. The van der Waals surface area contributed by atoms with E-state index in [1.807, 2.05) is 18.2 Å². The Balaban J connectivity index is 2.24. The zero-order valence-electron chi connectivity index (χ0n) is 14.3. The molecule has 0 amide bonds. The second-order valence-corrected chi connectivity index (χ2v) is 5.99. The van der Waals surface area contributed by atoms with Gasteiger partial charge in [-0.2, -0.15) is 0 Å². The molecule has 0 bridgehead atoms. The number of unbranched alkanes of at least 4 members (excludes halogenated alkanes) is 1. The number of hydrogen-bond acceptors (Lipinski definition) is 2. The number of benzene rings is 2. The molecule has 0 spiro atoms. The Morgan fingerprint density at radius 1 is 1.13 bits per heavy atom. The number of ether oxygens (including phenoxy) is 1. The van der Waals surface area contributed by atoms with Gasteiger partial charge in [0.1, 0.15) is 11.5 Å².